The molecule has 1 N–H and O–H groups in total. The van der Waals surface area contributed by atoms with Crippen LogP contribution in [0.2, 0.25) is 19.6 Å². The van der Waals surface area contributed by atoms with E-state index < -0.39 is 8.32 Å². The van der Waals surface area contributed by atoms with Gasteiger partial charge in [0.1, 0.15) is 5.75 Å². The third-order valence-electron chi connectivity index (χ3n) is 5.29. The Kier molecular flexibility index (Phi) is 6.01. The molecule has 24 heavy (non-hydrogen) atoms. The molecule has 4 heteroatoms. The van der Waals surface area contributed by atoms with Crippen molar-refractivity contribution in [2.45, 2.75) is 57.8 Å². The smallest absolute Gasteiger partial charge is 0.242 e. The lowest BCUT2D eigenvalue weighted by Crippen LogP contribution is -2.47. The Balaban J connectivity index is 1.78. The first-order valence-electron chi connectivity index (χ1n) is 9.77. The lowest BCUT2D eigenvalue weighted by atomic mass is 9.80. The van der Waals surface area contributed by atoms with Crippen molar-refractivity contribution in [3.63, 3.8) is 0 Å². The van der Waals surface area contributed by atoms with Crippen molar-refractivity contribution >= 4 is 8.32 Å². The molecule has 3 nitrogen and oxygen atoms in total. The lowest BCUT2D eigenvalue weighted by Gasteiger charge is -2.41. The van der Waals surface area contributed by atoms with Gasteiger partial charge in [-0.05, 0) is 56.1 Å². The number of nitrogens with zero attached hydrogens (tertiary/aromatic N) is 1. The quantitative estimate of drug-likeness (QED) is 0.798. The molecule has 0 unspecified atom stereocenters. The molecule has 0 amide bonds. The zero-order valence-electron chi connectivity index (χ0n) is 15.7. The molecule has 1 saturated carbocycles. The molecule has 1 aliphatic carbocycles. The third kappa shape index (κ3) is 4.84. The van der Waals surface area contributed by atoms with Crippen molar-refractivity contribution in [2.24, 2.45) is 5.92 Å². The molecule has 1 aromatic rings. The fourth-order valence-electron chi connectivity index (χ4n) is 4.28. The van der Waals surface area contributed by atoms with E-state index in [2.05, 4.69) is 54.1 Å². The molecule has 0 bridgehead atoms. The van der Waals surface area contributed by atoms with Crippen molar-refractivity contribution in [1.29, 1.82) is 0 Å². The zero-order valence-corrected chi connectivity index (χ0v) is 16.7. The van der Waals surface area contributed by atoms with Crippen LogP contribution < -0.4 is 9.74 Å². The molecule has 1 heterocycles. The molecule has 1 aromatic carbocycles. The van der Waals surface area contributed by atoms with Crippen LogP contribution >= 0.6 is 0 Å². The lowest BCUT2D eigenvalue weighted by molar-refractivity contribution is 0.103. The van der Waals surface area contributed by atoms with Gasteiger partial charge in [-0.15, -0.1) is 0 Å². The van der Waals surface area contributed by atoms with Gasteiger partial charge in [0, 0.05) is 32.2 Å². The Hall–Kier alpha value is -0.843. The topological polar surface area (TPSA) is 24.5 Å². The van der Waals surface area contributed by atoms with E-state index in [4.69, 9.17) is 4.43 Å². The second-order valence-electron chi connectivity index (χ2n) is 8.41. The molecular weight excluding hydrogens is 312 g/mol. The van der Waals surface area contributed by atoms with E-state index >= 15 is 0 Å². The second kappa shape index (κ2) is 8.02. The maximum absolute atomic E-state index is 6.14. The molecular formula is C20H34N2OSi. The highest BCUT2D eigenvalue weighted by Gasteiger charge is 2.31. The van der Waals surface area contributed by atoms with Crippen LogP contribution in [0.1, 0.15) is 43.7 Å². The van der Waals surface area contributed by atoms with Crippen LogP contribution in [-0.2, 0) is 0 Å². The average Bonchev–Trinajstić information content (AvgIpc) is 2.57. The molecule has 1 saturated heterocycles. The van der Waals surface area contributed by atoms with Crippen LogP contribution in [0, 0.1) is 5.92 Å². The first-order valence-corrected chi connectivity index (χ1v) is 13.2. The predicted octanol–water partition coefficient (Wildman–Crippen LogP) is 4.43. The third-order valence-corrected chi connectivity index (χ3v) is 6.14. The maximum atomic E-state index is 6.14. The highest BCUT2D eigenvalue weighted by Crippen LogP contribution is 2.39. The minimum absolute atomic E-state index is 0.591. The van der Waals surface area contributed by atoms with Crippen molar-refractivity contribution < 1.29 is 4.43 Å². The zero-order chi connectivity index (χ0) is 17.0. The van der Waals surface area contributed by atoms with E-state index in [-0.39, 0.29) is 0 Å². The second-order valence-corrected chi connectivity index (χ2v) is 12.8. The summed E-state index contributed by atoms with van der Waals surface area (Å²) in [5, 5.41) is 3.50. The van der Waals surface area contributed by atoms with Crippen LogP contribution in [0.3, 0.4) is 0 Å². The summed E-state index contributed by atoms with van der Waals surface area (Å²) in [6.45, 7) is 11.3. The molecule has 3 rings (SSSR count). The summed E-state index contributed by atoms with van der Waals surface area (Å²) in [7, 11) is -1.53. The van der Waals surface area contributed by atoms with Gasteiger partial charge in [-0.1, -0.05) is 31.4 Å². The van der Waals surface area contributed by atoms with Crippen molar-refractivity contribution in [3.8, 4) is 5.75 Å². The van der Waals surface area contributed by atoms with Gasteiger partial charge in [-0.25, -0.2) is 0 Å². The van der Waals surface area contributed by atoms with Gasteiger partial charge in [0.25, 0.3) is 0 Å². The molecule has 1 atom stereocenters. The van der Waals surface area contributed by atoms with Crippen LogP contribution in [0.15, 0.2) is 24.3 Å². The molecule has 0 aromatic heterocycles. The average molecular weight is 347 g/mol. The Morgan fingerprint density at radius 2 is 1.62 bits per heavy atom. The molecule has 0 radical (unpaired) electrons. The first kappa shape index (κ1) is 18.0. The Bertz CT molecular complexity index is 481. The minimum atomic E-state index is -1.53. The Labute approximate surface area is 148 Å². The van der Waals surface area contributed by atoms with Gasteiger partial charge in [0.05, 0.1) is 0 Å². The summed E-state index contributed by atoms with van der Waals surface area (Å²) in [6, 6.07) is 9.65. The van der Waals surface area contributed by atoms with Gasteiger partial charge >= 0.3 is 0 Å². The summed E-state index contributed by atoms with van der Waals surface area (Å²) in [5.74, 6) is 1.86. The van der Waals surface area contributed by atoms with E-state index in [0.717, 1.165) is 24.8 Å². The van der Waals surface area contributed by atoms with Crippen molar-refractivity contribution in [3.05, 3.63) is 29.8 Å². The summed E-state index contributed by atoms with van der Waals surface area (Å²) in [5.41, 5.74) is 1.49. The fourth-order valence-corrected chi connectivity index (χ4v) is 5.12. The SMILES string of the molecule is C[Si](C)(C)Oc1ccc([C@@H](C2CCCCC2)N2CCNCC2)cc1. The molecule has 0 spiro atoms. The highest BCUT2D eigenvalue weighted by molar-refractivity contribution is 6.70. The van der Waals surface area contributed by atoms with Gasteiger partial charge in [-0.2, -0.15) is 0 Å². The van der Waals surface area contributed by atoms with Crippen LogP contribution in [-0.4, -0.2) is 39.4 Å². The Morgan fingerprint density at radius 3 is 2.21 bits per heavy atom. The van der Waals surface area contributed by atoms with Crippen LogP contribution in [0.4, 0.5) is 0 Å². The van der Waals surface area contributed by atoms with E-state index in [9.17, 15) is 0 Å². The van der Waals surface area contributed by atoms with Gasteiger partial charge < -0.3 is 9.74 Å². The molecule has 1 aliphatic heterocycles. The summed E-state index contributed by atoms with van der Waals surface area (Å²) in [6.07, 6.45) is 7.02. The van der Waals surface area contributed by atoms with Gasteiger partial charge in [0.15, 0.2) is 0 Å². The maximum Gasteiger partial charge on any atom is 0.242 e. The van der Waals surface area contributed by atoms with Crippen LogP contribution in [0.5, 0.6) is 5.75 Å². The number of hydrogen-bond donors (Lipinski definition) is 1. The summed E-state index contributed by atoms with van der Waals surface area (Å²) >= 11 is 0. The molecule has 134 valence electrons. The standard InChI is InChI=1S/C20H34N2OSi/c1-24(2,3)23-19-11-9-18(10-12-19)20(17-7-5-4-6-8-17)22-15-13-21-14-16-22/h9-12,17,20-21H,4-8,13-16H2,1-3H3/t20-/m1/s1. The number of hydrogen-bond acceptors (Lipinski definition) is 3. The molecule has 2 fully saturated rings. The molecule has 2 aliphatic rings. The summed E-state index contributed by atoms with van der Waals surface area (Å²) < 4.78 is 6.14. The van der Waals surface area contributed by atoms with Gasteiger partial charge in [0.2, 0.25) is 8.32 Å². The van der Waals surface area contributed by atoms with E-state index in [1.165, 1.54) is 50.8 Å². The largest absolute Gasteiger partial charge is 0.544 e. The van der Waals surface area contributed by atoms with Gasteiger partial charge in [-0.3, -0.25) is 4.90 Å². The first-order chi connectivity index (χ1) is 11.5. The van der Waals surface area contributed by atoms with Crippen molar-refractivity contribution in [2.75, 3.05) is 26.2 Å². The van der Waals surface area contributed by atoms with E-state index in [1.807, 2.05) is 0 Å². The van der Waals surface area contributed by atoms with E-state index in [0.29, 0.717) is 6.04 Å². The van der Waals surface area contributed by atoms with Crippen LogP contribution in [0.25, 0.3) is 0 Å². The number of rotatable bonds is 5. The van der Waals surface area contributed by atoms with Crippen molar-refractivity contribution in [1.82, 2.24) is 10.2 Å². The number of nitrogens with one attached hydrogen (secondary N) is 1. The predicted molar refractivity (Wildman–Crippen MR) is 104 cm³/mol. The summed E-state index contributed by atoms with van der Waals surface area (Å²) in [4.78, 5) is 2.72. The fraction of sp³-hybridized carbons (Fsp3) is 0.700. The number of piperazine rings is 1. The van der Waals surface area contributed by atoms with E-state index in [1.54, 1.807) is 0 Å². The number of benzene rings is 1. The Morgan fingerprint density at radius 1 is 1.00 bits per heavy atom. The minimum Gasteiger partial charge on any atom is -0.544 e. The monoisotopic (exact) mass is 346 g/mol. The normalized spacial score (nSPS) is 22.3. The highest BCUT2D eigenvalue weighted by atomic mass is 28.4.